The Labute approximate surface area is 202 Å². The topological polar surface area (TPSA) is 132 Å². The van der Waals surface area contributed by atoms with Crippen molar-refractivity contribution >= 4 is 32.6 Å². The number of carbonyl (C=O) groups is 1. The van der Waals surface area contributed by atoms with Gasteiger partial charge in [0, 0.05) is 30.7 Å². The van der Waals surface area contributed by atoms with Crippen molar-refractivity contribution in [2.24, 2.45) is 0 Å². The third kappa shape index (κ3) is 4.99. The minimum absolute atomic E-state index is 0.0935. The molecule has 0 unspecified atom stereocenters. The molecule has 0 atom stereocenters. The maximum Gasteiger partial charge on any atom is 0.253 e. The van der Waals surface area contributed by atoms with Crippen molar-refractivity contribution in [2.75, 3.05) is 11.6 Å². The molecule has 0 spiro atoms. The van der Waals surface area contributed by atoms with Crippen molar-refractivity contribution in [1.82, 2.24) is 30.0 Å². The lowest BCUT2D eigenvalue weighted by molar-refractivity contribution is 0.0926. The highest BCUT2D eigenvalue weighted by Gasteiger charge is 2.24. The van der Waals surface area contributed by atoms with E-state index in [1.54, 1.807) is 59.7 Å². The highest BCUT2D eigenvalue weighted by atomic mass is 32.2. The zero-order chi connectivity index (χ0) is 24.4. The smallest absolute Gasteiger partial charge is 0.253 e. The molecule has 0 bridgehead atoms. The molecule has 1 amide bonds. The molecule has 2 N–H and O–H groups in total. The normalized spacial score (nSPS) is 18.3. The Bertz CT molecular complexity index is 1450. The average molecular weight is 492 g/mol. The van der Waals surface area contributed by atoms with E-state index in [2.05, 4.69) is 30.7 Å². The first-order valence-corrected chi connectivity index (χ1v) is 13.2. The highest BCUT2D eigenvalue weighted by molar-refractivity contribution is 7.90. The summed E-state index contributed by atoms with van der Waals surface area (Å²) in [7, 11) is -3.27. The van der Waals surface area contributed by atoms with Gasteiger partial charge in [0.05, 0.1) is 27.7 Å². The molecule has 3 heterocycles. The van der Waals surface area contributed by atoms with E-state index in [1.807, 2.05) is 0 Å². The summed E-state index contributed by atoms with van der Waals surface area (Å²) in [4.78, 5) is 25.5. The fourth-order valence-corrected chi connectivity index (χ4v) is 4.95. The summed E-state index contributed by atoms with van der Waals surface area (Å²) in [6, 6.07) is 10.4. The molecule has 1 aromatic carbocycles. The Morgan fingerprint density at radius 3 is 2.43 bits per heavy atom. The lowest BCUT2D eigenvalue weighted by atomic mass is 9.91. The van der Waals surface area contributed by atoms with E-state index in [0.29, 0.717) is 22.7 Å². The molecular formula is C24H25N7O3S. The third-order valence-corrected chi connectivity index (χ3v) is 7.33. The third-order valence-electron chi connectivity index (χ3n) is 6.20. The molecular weight excluding hydrogens is 466 g/mol. The van der Waals surface area contributed by atoms with Gasteiger partial charge < -0.3 is 10.6 Å². The summed E-state index contributed by atoms with van der Waals surface area (Å²) in [5.74, 6) is 0.612. The molecule has 10 nitrogen and oxygen atoms in total. The van der Waals surface area contributed by atoms with Crippen molar-refractivity contribution in [3.63, 3.8) is 0 Å². The fraction of sp³-hybridized carbons (Fsp3) is 0.292. The van der Waals surface area contributed by atoms with Crippen LogP contribution in [0.3, 0.4) is 0 Å². The maximum atomic E-state index is 12.4. The van der Waals surface area contributed by atoms with Crippen LogP contribution < -0.4 is 10.6 Å². The van der Waals surface area contributed by atoms with E-state index >= 15 is 0 Å². The molecule has 1 aliphatic rings. The summed E-state index contributed by atoms with van der Waals surface area (Å²) in [6.45, 7) is 0. The number of nitrogens with zero attached hydrogens (tertiary/aromatic N) is 5. The fourth-order valence-electron chi connectivity index (χ4n) is 4.32. The molecule has 0 radical (unpaired) electrons. The number of nitrogens with one attached hydrogen (secondary N) is 2. The maximum absolute atomic E-state index is 12.4. The van der Waals surface area contributed by atoms with E-state index < -0.39 is 9.84 Å². The van der Waals surface area contributed by atoms with Gasteiger partial charge in [0.25, 0.3) is 5.91 Å². The number of anilines is 1. The van der Waals surface area contributed by atoms with Crippen molar-refractivity contribution < 1.29 is 13.2 Å². The van der Waals surface area contributed by atoms with E-state index in [1.165, 1.54) is 12.6 Å². The minimum Gasteiger partial charge on any atom is -0.367 e. The predicted octanol–water partition coefficient (Wildman–Crippen LogP) is 2.77. The quantitative estimate of drug-likeness (QED) is 0.421. The second-order valence-electron chi connectivity index (χ2n) is 8.69. The van der Waals surface area contributed by atoms with Crippen molar-refractivity contribution in [3.05, 3.63) is 66.9 Å². The Kier molecular flexibility index (Phi) is 6.16. The number of amides is 1. The minimum atomic E-state index is -3.27. The first-order valence-electron chi connectivity index (χ1n) is 11.3. The van der Waals surface area contributed by atoms with Gasteiger partial charge in [-0.1, -0.05) is 0 Å². The number of sulfone groups is 1. The standard InChI is InChI=1S/C24H25N7O3S/c1-35(33,34)20-10-8-19(9-11-20)31-23-21(14-28-31)22(26-15-27-23)29-17-4-6-18(7-5-17)30-24(32)16-3-2-12-25-13-16/h2-3,8-15,17-18H,4-7H2,1H3,(H,30,32)(H,26,27,29)/t17-,18+. The number of aromatic nitrogens is 5. The molecule has 11 heteroatoms. The van der Waals surface area contributed by atoms with Gasteiger partial charge in [-0.05, 0) is 62.1 Å². The van der Waals surface area contributed by atoms with Gasteiger partial charge in [0.15, 0.2) is 15.5 Å². The van der Waals surface area contributed by atoms with Crippen LogP contribution in [0.2, 0.25) is 0 Å². The van der Waals surface area contributed by atoms with E-state index in [4.69, 9.17) is 0 Å². The van der Waals surface area contributed by atoms with Gasteiger partial charge in [-0.2, -0.15) is 5.10 Å². The predicted molar refractivity (Wildman–Crippen MR) is 131 cm³/mol. The van der Waals surface area contributed by atoms with Gasteiger partial charge in [-0.25, -0.2) is 23.1 Å². The first kappa shape index (κ1) is 22.9. The lowest BCUT2D eigenvalue weighted by Gasteiger charge is -2.30. The molecule has 180 valence electrons. The monoisotopic (exact) mass is 491 g/mol. The van der Waals surface area contributed by atoms with Crippen LogP contribution in [-0.4, -0.2) is 57.4 Å². The van der Waals surface area contributed by atoms with Crippen LogP contribution in [0.5, 0.6) is 0 Å². The number of fused-ring (bicyclic) bond motifs is 1. The molecule has 1 saturated carbocycles. The molecule has 3 aromatic heterocycles. The number of benzene rings is 1. The second-order valence-corrected chi connectivity index (χ2v) is 10.7. The summed E-state index contributed by atoms with van der Waals surface area (Å²) in [6.07, 6.45) is 11.1. The van der Waals surface area contributed by atoms with Gasteiger partial charge in [0.1, 0.15) is 12.1 Å². The Morgan fingerprint density at radius 2 is 1.74 bits per heavy atom. The van der Waals surface area contributed by atoms with Crippen LogP contribution in [-0.2, 0) is 9.84 Å². The molecule has 1 aliphatic carbocycles. The zero-order valence-electron chi connectivity index (χ0n) is 19.1. The van der Waals surface area contributed by atoms with Gasteiger partial charge >= 0.3 is 0 Å². The molecule has 0 saturated heterocycles. The van der Waals surface area contributed by atoms with Crippen LogP contribution in [0.1, 0.15) is 36.0 Å². The SMILES string of the molecule is CS(=O)(=O)c1ccc(-n2ncc3c(N[C@H]4CC[C@@H](NC(=O)c5cccnc5)CC4)ncnc32)cc1. The number of rotatable bonds is 6. The number of pyridine rings is 1. The Balaban J connectivity index is 1.25. The van der Waals surface area contributed by atoms with Crippen LogP contribution in [0.4, 0.5) is 5.82 Å². The van der Waals surface area contributed by atoms with Crippen molar-refractivity contribution in [3.8, 4) is 5.69 Å². The summed E-state index contributed by atoms with van der Waals surface area (Å²) in [5.41, 5.74) is 1.91. The van der Waals surface area contributed by atoms with Crippen LogP contribution in [0.15, 0.2) is 66.2 Å². The first-order chi connectivity index (χ1) is 16.9. The number of hydrogen-bond acceptors (Lipinski definition) is 8. The van der Waals surface area contributed by atoms with E-state index in [-0.39, 0.29) is 22.9 Å². The van der Waals surface area contributed by atoms with Crippen molar-refractivity contribution in [2.45, 2.75) is 42.7 Å². The molecule has 0 aliphatic heterocycles. The van der Waals surface area contributed by atoms with E-state index in [0.717, 1.165) is 31.1 Å². The second kappa shape index (κ2) is 9.41. The highest BCUT2D eigenvalue weighted by Crippen LogP contribution is 2.26. The molecule has 4 aromatic rings. The summed E-state index contributed by atoms with van der Waals surface area (Å²) < 4.78 is 25.1. The number of carbonyl (C=O) groups excluding carboxylic acids is 1. The average Bonchev–Trinajstić information content (AvgIpc) is 3.30. The largest absolute Gasteiger partial charge is 0.367 e. The summed E-state index contributed by atoms with van der Waals surface area (Å²) >= 11 is 0. The summed E-state index contributed by atoms with van der Waals surface area (Å²) in [5, 5.41) is 11.9. The Hall–Kier alpha value is -3.86. The Morgan fingerprint density at radius 1 is 1.00 bits per heavy atom. The van der Waals surface area contributed by atoms with Gasteiger partial charge in [-0.3, -0.25) is 9.78 Å². The van der Waals surface area contributed by atoms with E-state index in [9.17, 15) is 13.2 Å². The van der Waals surface area contributed by atoms with Gasteiger partial charge in [-0.15, -0.1) is 0 Å². The zero-order valence-corrected chi connectivity index (χ0v) is 19.9. The molecule has 35 heavy (non-hydrogen) atoms. The van der Waals surface area contributed by atoms with Crippen molar-refractivity contribution in [1.29, 1.82) is 0 Å². The molecule has 5 rings (SSSR count). The van der Waals surface area contributed by atoms with Gasteiger partial charge in [0.2, 0.25) is 0 Å². The number of hydrogen-bond donors (Lipinski definition) is 2. The lowest BCUT2D eigenvalue weighted by Crippen LogP contribution is -2.40. The van der Waals surface area contributed by atoms with Crippen LogP contribution >= 0.6 is 0 Å². The molecule has 1 fully saturated rings. The van der Waals surface area contributed by atoms with Crippen LogP contribution in [0.25, 0.3) is 16.7 Å². The van der Waals surface area contributed by atoms with Crippen LogP contribution in [0, 0.1) is 0 Å².